The predicted octanol–water partition coefficient (Wildman–Crippen LogP) is 3.46. The van der Waals surface area contributed by atoms with Crippen LogP contribution in [0.5, 0.6) is 11.5 Å². The number of benzene rings is 3. The van der Waals surface area contributed by atoms with Gasteiger partial charge in [-0.3, -0.25) is 0 Å². The summed E-state index contributed by atoms with van der Waals surface area (Å²) in [6.45, 7) is 0. The Morgan fingerprint density at radius 1 is 0.565 bits per heavy atom. The van der Waals surface area contributed by atoms with Gasteiger partial charge in [-0.25, -0.2) is 0 Å². The summed E-state index contributed by atoms with van der Waals surface area (Å²) in [5.74, 6) is 1.64. The van der Waals surface area contributed by atoms with Crippen LogP contribution in [0.3, 0.4) is 0 Å². The molecule has 0 fully saturated rings. The van der Waals surface area contributed by atoms with Gasteiger partial charge in [0.15, 0.2) is 0 Å². The number of hydrogen-bond acceptors (Lipinski definition) is 2. The number of rotatable bonds is 5. The third-order valence-corrected chi connectivity index (χ3v) is 6.03. The molecule has 3 heteroatoms. The molecule has 2 nitrogen and oxygen atoms in total. The molecule has 0 amide bonds. The van der Waals surface area contributed by atoms with Crippen molar-refractivity contribution in [3.8, 4) is 11.5 Å². The van der Waals surface area contributed by atoms with Gasteiger partial charge < -0.3 is 9.47 Å². The van der Waals surface area contributed by atoms with Crippen LogP contribution in [-0.4, -0.2) is 14.2 Å². The molecule has 3 aromatic carbocycles. The van der Waals surface area contributed by atoms with E-state index in [9.17, 15) is 0 Å². The summed E-state index contributed by atoms with van der Waals surface area (Å²) in [7, 11) is 2.72. The Balaban J connectivity index is 2.16. The maximum absolute atomic E-state index is 5.45. The van der Waals surface area contributed by atoms with Gasteiger partial charge in [0.25, 0.3) is 0 Å². The molecule has 0 aliphatic heterocycles. The Morgan fingerprint density at radius 2 is 1.00 bits per heavy atom. The van der Waals surface area contributed by atoms with Crippen LogP contribution in [0.4, 0.5) is 0 Å². The maximum Gasteiger partial charge on any atom is 0.123 e. The summed E-state index contributed by atoms with van der Waals surface area (Å²) < 4.78 is 10.9. The first-order valence-electron chi connectivity index (χ1n) is 7.45. The lowest BCUT2D eigenvalue weighted by molar-refractivity contribution is 0.395. The molecule has 0 radical (unpaired) electrons. The normalized spacial score (nSPS) is 10.6. The van der Waals surface area contributed by atoms with E-state index in [1.54, 1.807) is 14.2 Å². The van der Waals surface area contributed by atoms with Crippen LogP contribution in [0.25, 0.3) is 0 Å². The van der Waals surface area contributed by atoms with E-state index < -0.39 is 7.92 Å². The molecular weight excluding hydrogens is 303 g/mol. The van der Waals surface area contributed by atoms with Gasteiger partial charge in [-0.15, -0.1) is 0 Å². The van der Waals surface area contributed by atoms with Crippen molar-refractivity contribution in [2.45, 2.75) is 0 Å². The quantitative estimate of drug-likeness (QED) is 0.670. The zero-order chi connectivity index (χ0) is 16.1. The van der Waals surface area contributed by atoms with Gasteiger partial charge in [0.2, 0.25) is 0 Å². The fraction of sp³-hybridized carbons (Fsp3) is 0.100. The molecule has 0 unspecified atom stereocenters. The van der Waals surface area contributed by atoms with Crippen molar-refractivity contribution in [1.29, 1.82) is 0 Å². The summed E-state index contributed by atoms with van der Waals surface area (Å²) in [5, 5.41) is 3.83. The molecular formula is C20H19O2P. The zero-order valence-corrected chi connectivity index (χ0v) is 14.2. The van der Waals surface area contributed by atoms with E-state index in [0.717, 1.165) is 11.5 Å². The molecule has 0 spiro atoms. The monoisotopic (exact) mass is 322 g/mol. The Kier molecular flexibility index (Phi) is 4.95. The second kappa shape index (κ2) is 7.30. The van der Waals surface area contributed by atoms with Crippen LogP contribution in [0.2, 0.25) is 0 Å². The van der Waals surface area contributed by atoms with Gasteiger partial charge in [-0.2, -0.15) is 0 Å². The van der Waals surface area contributed by atoms with Crippen molar-refractivity contribution in [2.75, 3.05) is 14.2 Å². The van der Waals surface area contributed by atoms with Gasteiger partial charge >= 0.3 is 0 Å². The van der Waals surface area contributed by atoms with Crippen LogP contribution >= 0.6 is 7.92 Å². The minimum atomic E-state index is -0.650. The van der Waals surface area contributed by atoms with Crippen LogP contribution in [-0.2, 0) is 0 Å². The first kappa shape index (κ1) is 15.6. The third-order valence-electron chi connectivity index (χ3n) is 3.62. The first-order valence-corrected chi connectivity index (χ1v) is 8.79. The minimum absolute atomic E-state index is 0.650. The van der Waals surface area contributed by atoms with E-state index in [4.69, 9.17) is 9.47 Å². The maximum atomic E-state index is 5.45. The molecule has 0 N–H and O–H groups in total. The standard InChI is InChI=1S/C20H19O2P/c1-21-16-13-17(22-2)15-20(14-16)23(18-9-5-3-6-10-18)19-11-7-4-8-12-19/h3-15H,1-2H3. The summed E-state index contributed by atoms with van der Waals surface area (Å²) in [6.07, 6.45) is 0. The molecule has 0 heterocycles. The summed E-state index contributed by atoms with van der Waals surface area (Å²) >= 11 is 0. The highest BCUT2D eigenvalue weighted by atomic mass is 31.1. The van der Waals surface area contributed by atoms with E-state index in [-0.39, 0.29) is 0 Å². The zero-order valence-electron chi connectivity index (χ0n) is 13.3. The van der Waals surface area contributed by atoms with Gasteiger partial charge in [-0.05, 0) is 36.0 Å². The Hall–Kier alpha value is -2.31. The molecule has 0 saturated heterocycles. The summed E-state index contributed by atoms with van der Waals surface area (Å²) in [6, 6.07) is 27.3. The molecule has 23 heavy (non-hydrogen) atoms. The lowest BCUT2D eigenvalue weighted by atomic mass is 10.3. The Morgan fingerprint density at radius 3 is 1.39 bits per heavy atom. The van der Waals surface area contributed by atoms with E-state index in [1.165, 1.54) is 15.9 Å². The Labute approximate surface area is 138 Å². The van der Waals surface area contributed by atoms with E-state index in [1.807, 2.05) is 18.2 Å². The topological polar surface area (TPSA) is 18.5 Å². The molecule has 0 aromatic heterocycles. The van der Waals surface area contributed by atoms with Crippen molar-refractivity contribution in [1.82, 2.24) is 0 Å². The molecule has 0 saturated carbocycles. The first-order chi connectivity index (χ1) is 11.3. The lowest BCUT2D eigenvalue weighted by Gasteiger charge is -2.20. The summed E-state index contributed by atoms with van der Waals surface area (Å²) in [4.78, 5) is 0. The second-order valence-corrected chi connectivity index (χ2v) is 7.30. The third kappa shape index (κ3) is 3.55. The van der Waals surface area contributed by atoms with E-state index in [2.05, 4.69) is 60.7 Å². The predicted molar refractivity (Wildman–Crippen MR) is 98.3 cm³/mol. The highest BCUT2D eigenvalue weighted by molar-refractivity contribution is 7.79. The van der Waals surface area contributed by atoms with Gasteiger partial charge in [-0.1, -0.05) is 60.7 Å². The molecule has 0 aliphatic carbocycles. The number of ether oxygens (including phenoxy) is 2. The van der Waals surface area contributed by atoms with Crippen LogP contribution in [0.1, 0.15) is 0 Å². The average molecular weight is 322 g/mol. The minimum Gasteiger partial charge on any atom is -0.497 e. The molecule has 3 aromatic rings. The molecule has 116 valence electrons. The van der Waals surface area contributed by atoms with Crippen molar-refractivity contribution in [3.63, 3.8) is 0 Å². The fourth-order valence-electron chi connectivity index (χ4n) is 2.52. The smallest absolute Gasteiger partial charge is 0.123 e. The average Bonchev–Trinajstić information content (AvgIpc) is 2.63. The lowest BCUT2D eigenvalue weighted by Crippen LogP contribution is -2.20. The highest BCUT2D eigenvalue weighted by Gasteiger charge is 2.17. The van der Waals surface area contributed by atoms with Crippen molar-refractivity contribution < 1.29 is 9.47 Å². The fourth-order valence-corrected chi connectivity index (χ4v) is 4.87. The molecule has 0 bridgehead atoms. The van der Waals surface area contributed by atoms with Crippen molar-refractivity contribution in [3.05, 3.63) is 78.9 Å². The second-order valence-electron chi connectivity index (χ2n) is 5.08. The van der Waals surface area contributed by atoms with Gasteiger partial charge in [0, 0.05) is 6.07 Å². The van der Waals surface area contributed by atoms with Crippen LogP contribution < -0.4 is 25.4 Å². The number of hydrogen-bond donors (Lipinski definition) is 0. The Bertz CT molecular complexity index is 695. The number of methoxy groups -OCH3 is 2. The largest absolute Gasteiger partial charge is 0.497 e. The van der Waals surface area contributed by atoms with Gasteiger partial charge in [0.1, 0.15) is 11.5 Å². The summed E-state index contributed by atoms with van der Waals surface area (Å²) in [5.41, 5.74) is 0. The molecule has 3 rings (SSSR count). The van der Waals surface area contributed by atoms with E-state index >= 15 is 0 Å². The van der Waals surface area contributed by atoms with Crippen LogP contribution in [0, 0.1) is 0 Å². The van der Waals surface area contributed by atoms with Crippen LogP contribution in [0.15, 0.2) is 78.9 Å². The highest BCUT2D eigenvalue weighted by Crippen LogP contribution is 2.35. The molecule has 0 aliphatic rings. The van der Waals surface area contributed by atoms with Gasteiger partial charge in [0.05, 0.1) is 14.2 Å². The van der Waals surface area contributed by atoms with Crippen molar-refractivity contribution in [2.24, 2.45) is 0 Å². The SMILES string of the molecule is COc1cc(OC)cc(P(c2ccccc2)c2ccccc2)c1. The van der Waals surface area contributed by atoms with E-state index in [0.29, 0.717) is 0 Å². The van der Waals surface area contributed by atoms with Crippen molar-refractivity contribution >= 4 is 23.8 Å². The molecule has 0 atom stereocenters.